The van der Waals surface area contributed by atoms with Gasteiger partial charge in [0, 0.05) is 32.7 Å². The van der Waals surface area contributed by atoms with Crippen molar-refractivity contribution in [2.24, 2.45) is 0 Å². The number of carbonyl (C=O) groups excluding carboxylic acids is 1. The van der Waals surface area contributed by atoms with Crippen LogP contribution in [0.3, 0.4) is 0 Å². The number of hydrogen-bond donors (Lipinski definition) is 1. The molecule has 0 aliphatic carbocycles. The first-order valence-electron chi connectivity index (χ1n) is 7.61. The third kappa shape index (κ3) is 5.21. The molecule has 2 heterocycles. The Hall–Kier alpha value is -1.21. The summed E-state index contributed by atoms with van der Waals surface area (Å²) >= 11 is 1.65. The summed E-state index contributed by atoms with van der Waals surface area (Å²) in [6.45, 7) is 4.73. The molecule has 22 heavy (non-hydrogen) atoms. The Kier molecular flexibility index (Phi) is 6.57. The molecular formula is C15H23F2N3OS. The van der Waals surface area contributed by atoms with Gasteiger partial charge >= 0.3 is 6.03 Å². The molecule has 1 aromatic rings. The lowest BCUT2D eigenvalue weighted by atomic mass is 10.1. The largest absolute Gasteiger partial charge is 0.337 e. The van der Waals surface area contributed by atoms with Crippen molar-refractivity contribution in [1.82, 2.24) is 15.1 Å². The van der Waals surface area contributed by atoms with Gasteiger partial charge in [-0.05, 0) is 34.7 Å². The van der Waals surface area contributed by atoms with Crippen molar-refractivity contribution >= 4 is 17.4 Å². The summed E-state index contributed by atoms with van der Waals surface area (Å²) in [6.07, 6.45) is -1.58. The van der Waals surface area contributed by atoms with E-state index in [2.05, 4.69) is 23.7 Å². The highest BCUT2D eigenvalue weighted by molar-refractivity contribution is 7.07. The molecule has 1 saturated heterocycles. The number of nitrogens with zero attached hydrogens (tertiary/aromatic N) is 2. The molecule has 1 N–H and O–H groups in total. The third-order valence-electron chi connectivity index (χ3n) is 3.94. The highest BCUT2D eigenvalue weighted by Gasteiger charge is 2.21. The van der Waals surface area contributed by atoms with Crippen LogP contribution >= 0.6 is 11.3 Å². The zero-order valence-corrected chi connectivity index (χ0v) is 13.6. The maximum Gasteiger partial charge on any atom is 0.317 e. The van der Waals surface area contributed by atoms with Gasteiger partial charge in [-0.3, -0.25) is 4.90 Å². The first-order chi connectivity index (χ1) is 10.6. The van der Waals surface area contributed by atoms with E-state index >= 15 is 0 Å². The monoisotopic (exact) mass is 331 g/mol. The van der Waals surface area contributed by atoms with Gasteiger partial charge in [-0.1, -0.05) is 6.92 Å². The van der Waals surface area contributed by atoms with E-state index in [-0.39, 0.29) is 18.5 Å². The summed E-state index contributed by atoms with van der Waals surface area (Å²) in [7, 11) is 0. The summed E-state index contributed by atoms with van der Waals surface area (Å²) in [6, 6.07) is 1.97. The average molecular weight is 331 g/mol. The SMILES string of the molecule is CC(CNC(=O)N1CCCN(CC(F)F)CC1)c1ccsc1. The van der Waals surface area contributed by atoms with E-state index in [1.807, 2.05) is 5.38 Å². The lowest BCUT2D eigenvalue weighted by Gasteiger charge is -2.23. The van der Waals surface area contributed by atoms with Gasteiger partial charge in [0.05, 0.1) is 6.54 Å². The quantitative estimate of drug-likeness (QED) is 0.900. The van der Waals surface area contributed by atoms with Crippen molar-refractivity contribution < 1.29 is 13.6 Å². The third-order valence-corrected chi connectivity index (χ3v) is 4.65. The molecule has 2 rings (SSSR count). The molecular weight excluding hydrogens is 308 g/mol. The van der Waals surface area contributed by atoms with E-state index in [0.717, 1.165) is 6.42 Å². The Morgan fingerprint density at radius 3 is 2.86 bits per heavy atom. The smallest absolute Gasteiger partial charge is 0.317 e. The molecule has 2 amide bonds. The zero-order valence-electron chi connectivity index (χ0n) is 12.8. The molecule has 0 spiro atoms. The lowest BCUT2D eigenvalue weighted by molar-refractivity contribution is 0.0904. The fourth-order valence-corrected chi connectivity index (χ4v) is 3.36. The molecule has 1 fully saturated rings. The van der Waals surface area contributed by atoms with Crippen molar-refractivity contribution in [3.05, 3.63) is 22.4 Å². The molecule has 1 aliphatic rings. The van der Waals surface area contributed by atoms with Gasteiger partial charge < -0.3 is 10.2 Å². The van der Waals surface area contributed by atoms with Crippen molar-refractivity contribution in [2.75, 3.05) is 39.3 Å². The van der Waals surface area contributed by atoms with E-state index in [4.69, 9.17) is 0 Å². The van der Waals surface area contributed by atoms with E-state index in [1.54, 1.807) is 21.1 Å². The van der Waals surface area contributed by atoms with Crippen molar-refractivity contribution in [2.45, 2.75) is 25.7 Å². The highest BCUT2D eigenvalue weighted by atomic mass is 32.1. The van der Waals surface area contributed by atoms with Crippen LogP contribution in [0.25, 0.3) is 0 Å². The molecule has 0 bridgehead atoms. The topological polar surface area (TPSA) is 35.6 Å². The molecule has 1 aromatic heterocycles. The van der Waals surface area contributed by atoms with Crippen LogP contribution in [0.1, 0.15) is 24.8 Å². The Morgan fingerprint density at radius 2 is 2.18 bits per heavy atom. The minimum Gasteiger partial charge on any atom is -0.337 e. The molecule has 1 aliphatic heterocycles. The Morgan fingerprint density at radius 1 is 1.36 bits per heavy atom. The first-order valence-corrected chi connectivity index (χ1v) is 8.56. The van der Waals surface area contributed by atoms with E-state index in [0.29, 0.717) is 32.7 Å². The average Bonchev–Trinajstić information content (AvgIpc) is 2.92. The van der Waals surface area contributed by atoms with Crippen LogP contribution in [0.2, 0.25) is 0 Å². The number of carbonyl (C=O) groups is 1. The number of amides is 2. The van der Waals surface area contributed by atoms with Gasteiger partial charge in [0.1, 0.15) is 0 Å². The predicted octanol–water partition coefficient (Wildman–Crippen LogP) is 2.83. The standard InChI is InChI=1S/C15H23F2N3OS/c1-12(13-3-8-22-11-13)9-18-15(21)20-5-2-4-19(6-7-20)10-14(16)17/h3,8,11-12,14H,2,4-7,9-10H2,1H3,(H,18,21). The minimum atomic E-state index is -2.31. The maximum absolute atomic E-state index is 12.4. The van der Waals surface area contributed by atoms with Crippen LogP contribution < -0.4 is 5.32 Å². The van der Waals surface area contributed by atoms with Gasteiger partial charge in [0.25, 0.3) is 6.43 Å². The number of rotatable bonds is 5. The predicted molar refractivity (Wildman–Crippen MR) is 84.8 cm³/mol. The summed E-state index contributed by atoms with van der Waals surface area (Å²) in [5, 5.41) is 7.06. The number of thiophene rings is 1. The van der Waals surface area contributed by atoms with Crippen LogP contribution in [0.4, 0.5) is 13.6 Å². The van der Waals surface area contributed by atoms with E-state index < -0.39 is 6.43 Å². The van der Waals surface area contributed by atoms with E-state index in [9.17, 15) is 13.6 Å². The van der Waals surface area contributed by atoms with Crippen molar-refractivity contribution in [3.63, 3.8) is 0 Å². The number of halogens is 2. The summed E-state index contributed by atoms with van der Waals surface area (Å²) in [5.41, 5.74) is 1.23. The highest BCUT2D eigenvalue weighted by Crippen LogP contribution is 2.17. The van der Waals surface area contributed by atoms with Crippen LogP contribution in [-0.4, -0.2) is 61.5 Å². The summed E-state index contributed by atoms with van der Waals surface area (Å²) in [5.74, 6) is 0.275. The number of alkyl halides is 2. The van der Waals surface area contributed by atoms with E-state index in [1.165, 1.54) is 5.56 Å². The Labute approximate surface area is 134 Å². The maximum atomic E-state index is 12.4. The summed E-state index contributed by atoms with van der Waals surface area (Å²) in [4.78, 5) is 15.7. The second-order valence-electron chi connectivity index (χ2n) is 5.68. The summed E-state index contributed by atoms with van der Waals surface area (Å²) < 4.78 is 24.8. The number of hydrogen-bond acceptors (Lipinski definition) is 3. The van der Waals surface area contributed by atoms with Crippen LogP contribution in [0.5, 0.6) is 0 Å². The fourth-order valence-electron chi connectivity index (χ4n) is 2.58. The second-order valence-corrected chi connectivity index (χ2v) is 6.46. The fraction of sp³-hybridized carbons (Fsp3) is 0.667. The van der Waals surface area contributed by atoms with Crippen LogP contribution in [-0.2, 0) is 0 Å². The second kappa shape index (κ2) is 8.43. The molecule has 124 valence electrons. The van der Waals surface area contributed by atoms with Gasteiger partial charge in [0.2, 0.25) is 0 Å². The molecule has 0 radical (unpaired) electrons. The molecule has 1 atom stereocenters. The normalized spacial score (nSPS) is 18.3. The molecule has 0 aromatic carbocycles. The van der Waals surface area contributed by atoms with Crippen molar-refractivity contribution in [3.8, 4) is 0 Å². The van der Waals surface area contributed by atoms with Gasteiger partial charge in [-0.2, -0.15) is 11.3 Å². The number of urea groups is 1. The Bertz CT molecular complexity index is 456. The molecule has 0 saturated carbocycles. The van der Waals surface area contributed by atoms with Gasteiger partial charge in [-0.15, -0.1) is 0 Å². The first kappa shape index (κ1) is 17.1. The van der Waals surface area contributed by atoms with Gasteiger partial charge in [0.15, 0.2) is 0 Å². The lowest BCUT2D eigenvalue weighted by Crippen LogP contribution is -2.43. The Balaban J connectivity index is 1.75. The van der Waals surface area contributed by atoms with Crippen LogP contribution in [0.15, 0.2) is 16.8 Å². The molecule has 1 unspecified atom stereocenters. The minimum absolute atomic E-state index is 0.0963. The molecule has 4 nitrogen and oxygen atoms in total. The van der Waals surface area contributed by atoms with Crippen molar-refractivity contribution in [1.29, 1.82) is 0 Å². The number of nitrogens with one attached hydrogen (secondary N) is 1. The zero-order chi connectivity index (χ0) is 15.9. The van der Waals surface area contributed by atoms with Crippen LogP contribution in [0, 0.1) is 0 Å². The molecule has 7 heteroatoms. The van der Waals surface area contributed by atoms with Gasteiger partial charge in [-0.25, -0.2) is 13.6 Å².